The van der Waals surface area contributed by atoms with Crippen molar-refractivity contribution in [1.82, 2.24) is 5.32 Å². The molecule has 0 amide bonds. The van der Waals surface area contributed by atoms with Gasteiger partial charge in [-0.25, -0.2) is 0 Å². The van der Waals surface area contributed by atoms with E-state index in [0.717, 1.165) is 17.7 Å². The lowest BCUT2D eigenvalue weighted by molar-refractivity contribution is -0.131. The lowest BCUT2D eigenvalue weighted by Gasteiger charge is -2.06. The molecule has 4 nitrogen and oxygen atoms in total. The van der Waals surface area contributed by atoms with Crippen molar-refractivity contribution in [1.29, 1.82) is 0 Å². The summed E-state index contributed by atoms with van der Waals surface area (Å²) in [4.78, 5) is 33.9. The van der Waals surface area contributed by atoms with Gasteiger partial charge in [0.15, 0.2) is 5.78 Å². The number of benzene rings is 1. The molecule has 96 valence electrons. The maximum atomic E-state index is 11.8. The molecule has 0 heterocycles. The smallest absolute Gasteiger partial charge is 0.226 e. The molecule has 4 heteroatoms. The molecule has 0 aliphatic heterocycles. The Morgan fingerprint density at radius 2 is 1.74 bits per heavy atom. The van der Waals surface area contributed by atoms with Gasteiger partial charge in [0.05, 0.1) is 6.54 Å². The molecule has 1 aromatic carbocycles. The summed E-state index contributed by atoms with van der Waals surface area (Å²) in [5.74, 6) is -1.43. The molecular formula is C15H13NO3. The summed E-state index contributed by atoms with van der Waals surface area (Å²) in [5.41, 5.74) is 1.35. The van der Waals surface area contributed by atoms with Crippen LogP contribution in [0.2, 0.25) is 0 Å². The van der Waals surface area contributed by atoms with Crippen molar-refractivity contribution in [2.75, 3.05) is 6.54 Å². The van der Waals surface area contributed by atoms with Crippen LogP contribution in [0.15, 0.2) is 54.1 Å². The van der Waals surface area contributed by atoms with Gasteiger partial charge in [0, 0.05) is 18.2 Å². The monoisotopic (exact) mass is 255 g/mol. The Morgan fingerprint density at radius 1 is 1.00 bits per heavy atom. The molecule has 1 N–H and O–H groups in total. The molecule has 0 spiro atoms. The lowest BCUT2D eigenvalue weighted by atomic mass is 10.0. The third kappa shape index (κ3) is 3.56. The number of allylic oxidation sites excluding steroid dienone is 3. The third-order valence-corrected chi connectivity index (χ3v) is 2.72. The number of nitrogens with one attached hydrogen (secondary N) is 1. The minimum absolute atomic E-state index is 0.131. The van der Waals surface area contributed by atoms with E-state index in [1.165, 1.54) is 6.08 Å². The van der Waals surface area contributed by atoms with Crippen molar-refractivity contribution >= 4 is 17.3 Å². The van der Waals surface area contributed by atoms with Crippen LogP contribution in [-0.4, -0.2) is 23.9 Å². The molecule has 1 aliphatic carbocycles. The third-order valence-electron chi connectivity index (χ3n) is 2.72. The fourth-order valence-corrected chi connectivity index (χ4v) is 1.70. The first kappa shape index (κ1) is 13.1. The van der Waals surface area contributed by atoms with Gasteiger partial charge < -0.3 is 5.32 Å². The van der Waals surface area contributed by atoms with Gasteiger partial charge in [0.2, 0.25) is 11.6 Å². The fraction of sp³-hybridized carbons (Fsp3) is 0.133. The van der Waals surface area contributed by atoms with E-state index in [0.29, 0.717) is 6.54 Å². The van der Waals surface area contributed by atoms with Crippen molar-refractivity contribution < 1.29 is 14.4 Å². The first-order chi connectivity index (χ1) is 9.16. The van der Waals surface area contributed by atoms with Gasteiger partial charge in [0.1, 0.15) is 0 Å². The Kier molecular flexibility index (Phi) is 4.15. The highest BCUT2D eigenvalue weighted by atomic mass is 16.2. The van der Waals surface area contributed by atoms with Crippen LogP contribution < -0.4 is 5.32 Å². The number of ketones is 3. The SMILES string of the molecule is O=C1C=CC(C(=O)CNCc2ccccc2)=CC1=O. The standard InChI is InChI=1S/C15H13NO3/c17-13-7-6-12(8-14(13)18)15(19)10-16-9-11-4-2-1-3-5-11/h1-8,16H,9-10H2. The maximum Gasteiger partial charge on any atom is 0.226 e. The summed E-state index contributed by atoms with van der Waals surface area (Å²) in [6.45, 7) is 0.711. The number of carbonyl (C=O) groups excluding carboxylic acids is 3. The van der Waals surface area contributed by atoms with Crippen LogP contribution in [0.3, 0.4) is 0 Å². The van der Waals surface area contributed by atoms with Gasteiger partial charge in [-0.1, -0.05) is 30.3 Å². The highest BCUT2D eigenvalue weighted by molar-refractivity contribution is 6.47. The Bertz CT molecular complexity index is 570. The van der Waals surface area contributed by atoms with Crippen molar-refractivity contribution in [3.05, 3.63) is 59.7 Å². The molecule has 0 radical (unpaired) electrons. The summed E-state index contributed by atoms with van der Waals surface area (Å²) in [6, 6.07) is 9.69. The number of Topliss-reactive ketones (excluding diaryl/α,β-unsaturated/α-hetero) is 1. The molecule has 1 aromatic rings. The second-order valence-corrected chi connectivity index (χ2v) is 4.17. The summed E-state index contributed by atoms with van der Waals surface area (Å²) < 4.78 is 0. The molecule has 0 unspecified atom stereocenters. The highest BCUT2D eigenvalue weighted by Gasteiger charge is 2.17. The average Bonchev–Trinajstić information content (AvgIpc) is 2.43. The predicted octanol–water partition coefficient (Wildman–Crippen LogP) is 0.980. The van der Waals surface area contributed by atoms with Crippen LogP contribution in [0.25, 0.3) is 0 Å². The molecule has 0 aromatic heterocycles. The summed E-state index contributed by atoms with van der Waals surface area (Å²) in [6.07, 6.45) is 3.61. The highest BCUT2D eigenvalue weighted by Crippen LogP contribution is 2.06. The van der Waals surface area contributed by atoms with E-state index in [1.807, 2.05) is 30.3 Å². The first-order valence-corrected chi connectivity index (χ1v) is 5.93. The molecule has 0 fully saturated rings. The second-order valence-electron chi connectivity index (χ2n) is 4.17. The van der Waals surface area contributed by atoms with Crippen LogP contribution in [-0.2, 0) is 20.9 Å². The van der Waals surface area contributed by atoms with Gasteiger partial charge in [-0.15, -0.1) is 0 Å². The lowest BCUT2D eigenvalue weighted by Crippen LogP contribution is -2.25. The van der Waals surface area contributed by atoms with Gasteiger partial charge in [-0.05, 0) is 17.7 Å². The van der Waals surface area contributed by atoms with Crippen LogP contribution in [0.5, 0.6) is 0 Å². The number of rotatable bonds is 5. The van der Waals surface area contributed by atoms with Gasteiger partial charge >= 0.3 is 0 Å². The van der Waals surface area contributed by atoms with E-state index < -0.39 is 11.6 Å². The van der Waals surface area contributed by atoms with E-state index in [2.05, 4.69) is 5.32 Å². The number of carbonyl (C=O) groups is 3. The number of hydrogen-bond donors (Lipinski definition) is 1. The largest absolute Gasteiger partial charge is 0.306 e. The zero-order chi connectivity index (χ0) is 13.7. The van der Waals surface area contributed by atoms with Crippen molar-refractivity contribution in [2.24, 2.45) is 0 Å². The molecule has 1 aliphatic rings. The maximum absolute atomic E-state index is 11.8. The Balaban J connectivity index is 1.86. The Hall–Kier alpha value is -2.33. The van der Waals surface area contributed by atoms with E-state index >= 15 is 0 Å². The van der Waals surface area contributed by atoms with Gasteiger partial charge in [0.25, 0.3) is 0 Å². The average molecular weight is 255 g/mol. The normalized spacial score (nSPS) is 14.4. The van der Waals surface area contributed by atoms with Crippen LogP contribution in [0.4, 0.5) is 0 Å². The fourth-order valence-electron chi connectivity index (χ4n) is 1.70. The number of hydrogen-bond acceptors (Lipinski definition) is 4. The van der Waals surface area contributed by atoms with Crippen molar-refractivity contribution in [3.8, 4) is 0 Å². The Labute approximate surface area is 110 Å². The first-order valence-electron chi connectivity index (χ1n) is 5.93. The quantitative estimate of drug-likeness (QED) is 0.629. The second kappa shape index (κ2) is 6.02. The van der Waals surface area contributed by atoms with E-state index in [4.69, 9.17) is 0 Å². The predicted molar refractivity (Wildman–Crippen MR) is 70.4 cm³/mol. The van der Waals surface area contributed by atoms with Crippen LogP contribution in [0, 0.1) is 0 Å². The molecule has 0 saturated carbocycles. The van der Waals surface area contributed by atoms with Gasteiger partial charge in [-0.3, -0.25) is 14.4 Å². The van der Waals surface area contributed by atoms with Crippen molar-refractivity contribution in [2.45, 2.75) is 6.54 Å². The molecular weight excluding hydrogens is 242 g/mol. The van der Waals surface area contributed by atoms with E-state index in [-0.39, 0.29) is 17.9 Å². The zero-order valence-corrected chi connectivity index (χ0v) is 10.3. The molecule has 2 rings (SSSR count). The summed E-state index contributed by atoms with van der Waals surface area (Å²) in [5, 5.41) is 3.00. The molecule has 19 heavy (non-hydrogen) atoms. The topological polar surface area (TPSA) is 63.2 Å². The summed E-state index contributed by atoms with van der Waals surface area (Å²) in [7, 11) is 0. The van der Waals surface area contributed by atoms with Crippen molar-refractivity contribution in [3.63, 3.8) is 0 Å². The summed E-state index contributed by atoms with van der Waals surface area (Å²) >= 11 is 0. The van der Waals surface area contributed by atoms with Crippen LogP contribution in [0.1, 0.15) is 5.56 Å². The molecule has 0 saturated heterocycles. The van der Waals surface area contributed by atoms with E-state index in [9.17, 15) is 14.4 Å². The Morgan fingerprint density at radius 3 is 2.42 bits per heavy atom. The van der Waals surface area contributed by atoms with E-state index in [1.54, 1.807) is 0 Å². The van der Waals surface area contributed by atoms with Gasteiger partial charge in [-0.2, -0.15) is 0 Å². The molecule has 0 atom stereocenters. The minimum Gasteiger partial charge on any atom is -0.306 e. The molecule has 0 bridgehead atoms. The zero-order valence-electron chi connectivity index (χ0n) is 10.3. The van der Waals surface area contributed by atoms with Crippen LogP contribution >= 0.6 is 0 Å². The minimum atomic E-state index is -0.645.